The first-order valence-corrected chi connectivity index (χ1v) is 6.96. The second-order valence-electron chi connectivity index (χ2n) is 4.91. The largest absolute Gasteiger partial charge is 0.349 e. The summed E-state index contributed by atoms with van der Waals surface area (Å²) in [5.74, 6) is -0.702. The normalized spacial score (nSPS) is 17.9. The molecule has 3 heterocycles. The highest BCUT2D eigenvalue weighted by Crippen LogP contribution is 2.17. The van der Waals surface area contributed by atoms with Gasteiger partial charge in [0, 0.05) is 11.9 Å². The lowest BCUT2D eigenvalue weighted by molar-refractivity contribution is -0.125. The van der Waals surface area contributed by atoms with Crippen LogP contribution in [0, 0.1) is 5.92 Å². The quantitative estimate of drug-likeness (QED) is 0.482. The number of carbonyl (C=O) groups excluding carboxylic acids is 2. The van der Waals surface area contributed by atoms with Crippen LogP contribution in [0.15, 0.2) is 18.3 Å². The number of hydrazine groups is 1. The number of fused-ring (bicyclic) bond motifs is 1. The fourth-order valence-electron chi connectivity index (χ4n) is 2.29. The van der Waals surface area contributed by atoms with Gasteiger partial charge in [0.15, 0.2) is 0 Å². The minimum Gasteiger partial charge on any atom is -0.349 e. The van der Waals surface area contributed by atoms with Gasteiger partial charge in [-0.2, -0.15) is 0 Å². The van der Waals surface area contributed by atoms with Crippen molar-refractivity contribution in [2.45, 2.75) is 6.42 Å². The zero-order valence-electron chi connectivity index (χ0n) is 11.1. The minimum atomic E-state index is -0.415. The molecule has 1 fully saturated rings. The molecule has 110 valence electrons. The summed E-state index contributed by atoms with van der Waals surface area (Å²) in [5.41, 5.74) is 5.88. The number of nitrogens with one attached hydrogen (secondary N) is 4. The van der Waals surface area contributed by atoms with E-state index >= 15 is 0 Å². The fourth-order valence-corrected chi connectivity index (χ4v) is 2.46. The molecule has 7 nitrogen and oxygen atoms in total. The molecule has 1 atom stereocenters. The Kier molecular flexibility index (Phi) is 3.76. The number of hydrogen-bond acceptors (Lipinski definition) is 4. The Morgan fingerprint density at radius 1 is 1.33 bits per heavy atom. The minimum absolute atomic E-state index is 0.101. The molecule has 3 rings (SSSR count). The van der Waals surface area contributed by atoms with E-state index in [4.69, 9.17) is 11.6 Å². The lowest BCUT2D eigenvalue weighted by atomic mass is 10.1. The molecule has 2 amide bonds. The van der Waals surface area contributed by atoms with E-state index < -0.39 is 5.91 Å². The number of rotatable bonds is 2. The van der Waals surface area contributed by atoms with E-state index in [1.165, 1.54) is 0 Å². The van der Waals surface area contributed by atoms with Crippen molar-refractivity contribution in [1.29, 1.82) is 0 Å². The Balaban J connectivity index is 1.65. The Morgan fingerprint density at radius 2 is 2.19 bits per heavy atom. The van der Waals surface area contributed by atoms with Crippen molar-refractivity contribution < 1.29 is 9.59 Å². The van der Waals surface area contributed by atoms with Crippen LogP contribution in [-0.2, 0) is 4.79 Å². The molecule has 4 N–H and O–H groups in total. The Hall–Kier alpha value is -2.12. The van der Waals surface area contributed by atoms with Gasteiger partial charge in [0.2, 0.25) is 5.91 Å². The topological polar surface area (TPSA) is 98.9 Å². The molecule has 0 aromatic carbocycles. The van der Waals surface area contributed by atoms with Gasteiger partial charge in [-0.25, -0.2) is 4.98 Å². The van der Waals surface area contributed by atoms with Gasteiger partial charge in [-0.05, 0) is 25.1 Å². The van der Waals surface area contributed by atoms with Crippen LogP contribution in [0.5, 0.6) is 0 Å². The summed E-state index contributed by atoms with van der Waals surface area (Å²) < 4.78 is 0. The first kappa shape index (κ1) is 13.8. The smallest absolute Gasteiger partial charge is 0.286 e. The van der Waals surface area contributed by atoms with Crippen LogP contribution in [0.4, 0.5) is 0 Å². The van der Waals surface area contributed by atoms with Crippen molar-refractivity contribution in [2.24, 2.45) is 5.92 Å². The Labute approximate surface area is 125 Å². The maximum atomic E-state index is 12.0. The highest BCUT2D eigenvalue weighted by Gasteiger charge is 2.22. The van der Waals surface area contributed by atoms with Crippen LogP contribution in [-0.4, -0.2) is 34.9 Å². The maximum absolute atomic E-state index is 12.0. The zero-order valence-corrected chi connectivity index (χ0v) is 11.8. The van der Waals surface area contributed by atoms with Crippen LogP contribution in [0.3, 0.4) is 0 Å². The number of amides is 2. The van der Waals surface area contributed by atoms with Gasteiger partial charge in [0.25, 0.3) is 5.91 Å². The number of carbonyl (C=O) groups is 2. The van der Waals surface area contributed by atoms with Crippen molar-refractivity contribution in [3.63, 3.8) is 0 Å². The number of hydrogen-bond donors (Lipinski definition) is 4. The molecular weight excluding hydrogens is 294 g/mol. The third kappa shape index (κ3) is 2.98. The average Bonchev–Trinajstić information content (AvgIpc) is 3.12. The van der Waals surface area contributed by atoms with Gasteiger partial charge in [-0.3, -0.25) is 20.4 Å². The van der Waals surface area contributed by atoms with Crippen molar-refractivity contribution in [1.82, 2.24) is 26.1 Å². The highest BCUT2D eigenvalue weighted by molar-refractivity contribution is 6.30. The molecular formula is C13H14ClN5O2. The molecule has 1 aliphatic heterocycles. The summed E-state index contributed by atoms with van der Waals surface area (Å²) in [6.45, 7) is 1.46. The number of aromatic amines is 1. The lowest BCUT2D eigenvalue weighted by Gasteiger charge is -2.10. The van der Waals surface area contributed by atoms with E-state index in [0.29, 0.717) is 22.9 Å². The van der Waals surface area contributed by atoms with E-state index in [9.17, 15) is 9.59 Å². The fraction of sp³-hybridized carbons (Fsp3) is 0.308. The van der Waals surface area contributed by atoms with Crippen molar-refractivity contribution in [2.75, 3.05) is 13.1 Å². The van der Waals surface area contributed by atoms with Crippen LogP contribution < -0.4 is 16.2 Å². The second kappa shape index (κ2) is 5.71. The third-order valence-electron chi connectivity index (χ3n) is 3.45. The van der Waals surface area contributed by atoms with Crippen molar-refractivity contribution in [3.8, 4) is 0 Å². The average molecular weight is 308 g/mol. The van der Waals surface area contributed by atoms with Gasteiger partial charge >= 0.3 is 0 Å². The van der Waals surface area contributed by atoms with Crippen LogP contribution in [0.25, 0.3) is 10.9 Å². The maximum Gasteiger partial charge on any atom is 0.286 e. The van der Waals surface area contributed by atoms with E-state index in [1.807, 2.05) is 0 Å². The van der Waals surface area contributed by atoms with Gasteiger partial charge in [0.1, 0.15) is 10.8 Å². The second-order valence-corrected chi connectivity index (χ2v) is 5.30. The van der Waals surface area contributed by atoms with Gasteiger partial charge < -0.3 is 10.3 Å². The molecule has 0 bridgehead atoms. The van der Waals surface area contributed by atoms with Crippen LogP contribution in [0.1, 0.15) is 16.9 Å². The summed E-state index contributed by atoms with van der Waals surface area (Å²) in [6.07, 6.45) is 2.33. The summed E-state index contributed by atoms with van der Waals surface area (Å²) in [7, 11) is 0. The Bertz CT molecular complexity index is 693. The lowest BCUT2D eigenvalue weighted by Crippen LogP contribution is -2.45. The molecule has 0 unspecified atom stereocenters. The van der Waals surface area contributed by atoms with Crippen molar-refractivity contribution in [3.05, 3.63) is 29.2 Å². The van der Waals surface area contributed by atoms with Gasteiger partial charge in [-0.15, -0.1) is 0 Å². The highest BCUT2D eigenvalue weighted by atomic mass is 35.5. The first-order chi connectivity index (χ1) is 10.1. The van der Waals surface area contributed by atoms with Gasteiger partial charge in [0.05, 0.1) is 17.6 Å². The number of aromatic nitrogens is 2. The number of H-pyrrole nitrogens is 1. The molecule has 21 heavy (non-hydrogen) atoms. The molecule has 0 spiro atoms. The van der Waals surface area contributed by atoms with Gasteiger partial charge in [-0.1, -0.05) is 11.6 Å². The third-order valence-corrected chi connectivity index (χ3v) is 3.65. The summed E-state index contributed by atoms with van der Waals surface area (Å²) in [6, 6.07) is 3.31. The predicted octanol–water partition coefficient (Wildman–Crippen LogP) is 0.587. The van der Waals surface area contributed by atoms with Crippen LogP contribution in [0.2, 0.25) is 5.15 Å². The number of pyridine rings is 1. The van der Waals surface area contributed by atoms with Crippen LogP contribution >= 0.6 is 11.6 Å². The molecule has 0 aliphatic carbocycles. The molecule has 1 aliphatic rings. The zero-order chi connectivity index (χ0) is 14.8. The summed E-state index contributed by atoms with van der Waals surface area (Å²) in [4.78, 5) is 30.6. The van der Waals surface area contributed by atoms with E-state index in [2.05, 4.69) is 26.1 Å². The molecule has 0 saturated carbocycles. The Morgan fingerprint density at radius 3 is 2.95 bits per heavy atom. The van der Waals surface area contributed by atoms with E-state index in [1.54, 1.807) is 18.3 Å². The SMILES string of the molecule is O=C(NNC(=O)[C@H]1CCNC1)c1cc2cc(Cl)ncc2[nH]1. The first-order valence-electron chi connectivity index (χ1n) is 6.58. The summed E-state index contributed by atoms with van der Waals surface area (Å²) in [5, 5.41) is 4.24. The molecule has 2 aromatic heterocycles. The van der Waals surface area contributed by atoms with E-state index in [0.717, 1.165) is 18.4 Å². The standard InChI is InChI=1S/C13H14ClN5O2/c14-11-4-8-3-9(17-10(8)6-16-11)13(21)19-18-12(20)7-1-2-15-5-7/h3-4,6-7,15,17H,1-2,5H2,(H,18,20)(H,19,21)/t7-/m0/s1. The molecule has 0 radical (unpaired) electrons. The number of nitrogens with zero attached hydrogens (tertiary/aromatic N) is 1. The number of halogens is 1. The predicted molar refractivity (Wildman–Crippen MR) is 77.7 cm³/mol. The molecule has 8 heteroatoms. The van der Waals surface area contributed by atoms with Crippen molar-refractivity contribution >= 4 is 34.3 Å². The molecule has 2 aromatic rings. The molecule has 1 saturated heterocycles. The van der Waals surface area contributed by atoms with E-state index in [-0.39, 0.29) is 11.8 Å². The summed E-state index contributed by atoms with van der Waals surface area (Å²) >= 11 is 5.79. The monoisotopic (exact) mass is 307 g/mol.